The average Bonchev–Trinajstić information content (AvgIpc) is 3.91. The topological polar surface area (TPSA) is 168 Å². The molecule has 2 N–H and O–H groups in total. The summed E-state index contributed by atoms with van der Waals surface area (Å²) in [7, 11) is 1.35. The molecule has 3 aliphatic carbocycles. The lowest BCUT2D eigenvalue weighted by Crippen LogP contribution is -2.48. The Hall–Kier alpha value is -4.05. The maximum atomic E-state index is 15.0. The van der Waals surface area contributed by atoms with Crippen LogP contribution in [0, 0.1) is 34.5 Å². The largest absolute Gasteiger partial charge is 0.490 e. The van der Waals surface area contributed by atoms with Crippen molar-refractivity contribution in [3.8, 4) is 22.9 Å². The van der Waals surface area contributed by atoms with Gasteiger partial charge in [0.1, 0.15) is 41.0 Å². The molecule has 16 heteroatoms. The summed E-state index contributed by atoms with van der Waals surface area (Å²) in [4.78, 5) is 67.7. The van der Waals surface area contributed by atoms with Crippen molar-refractivity contribution in [2.75, 3.05) is 45.3 Å². The number of hydrogen-bond donors (Lipinski definition) is 2. The molecule has 14 nitrogen and oxygen atoms in total. The lowest BCUT2D eigenvalue weighted by Gasteiger charge is -2.35. The van der Waals surface area contributed by atoms with Crippen LogP contribution in [0.4, 0.5) is 5.13 Å². The molecule has 9 atom stereocenters. The van der Waals surface area contributed by atoms with Gasteiger partial charge in [-0.25, -0.2) is 9.97 Å². The lowest BCUT2D eigenvalue weighted by atomic mass is 9.77. The Kier molecular flexibility index (Phi) is 13.3. The van der Waals surface area contributed by atoms with E-state index in [1.54, 1.807) is 11.0 Å². The Morgan fingerprint density at radius 3 is 2.51 bits per heavy atom. The molecule has 3 aromatic rings. The first-order valence-electron chi connectivity index (χ1n) is 22.6. The van der Waals surface area contributed by atoms with Crippen LogP contribution in [-0.4, -0.2) is 109 Å². The quantitative estimate of drug-likeness (QED) is 0.128. The average molecular weight is 909 g/mol. The molecule has 3 saturated carbocycles. The minimum atomic E-state index is -0.924. The van der Waals surface area contributed by atoms with E-state index in [-0.39, 0.29) is 61.6 Å². The van der Waals surface area contributed by atoms with E-state index in [0.717, 1.165) is 30.9 Å². The number of anilines is 1. The molecule has 1 amide bonds. The number of thiazole rings is 1. The molecule has 63 heavy (non-hydrogen) atoms. The third-order valence-electron chi connectivity index (χ3n) is 13.7. The van der Waals surface area contributed by atoms with E-state index < -0.39 is 40.8 Å². The van der Waals surface area contributed by atoms with Gasteiger partial charge in [-0.1, -0.05) is 45.7 Å². The van der Waals surface area contributed by atoms with Crippen molar-refractivity contribution in [1.82, 2.24) is 20.2 Å². The zero-order valence-corrected chi connectivity index (χ0v) is 39.1. The number of hydrogen-bond acceptors (Lipinski definition) is 14. The minimum Gasteiger partial charge on any atom is -0.490 e. The summed E-state index contributed by atoms with van der Waals surface area (Å²) >= 11 is 8.59. The number of fused-ring (bicyclic) bond motifs is 2. The van der Waals surface area contributed by atoms with E-state index in [1.165, 1.54) is 24.9 Å². The number of esters is 2. The number of methoxy groups -OCH3 is 1. The molecular formula is C47H62ClN5O9S. The van der Waals surface area contributed by atoms with Gasteiger partial charge in [0.2, 0.25) is 5.91 Å². The van der Waals surface area contributed by atoms with E-state index >= 15 is 0 Å². The number of ether oxygens (including phenoxy) is 5. The summed E-state index contributed by atoms with van der Waals surface area (Å²) in [6.45, 7) is 14.2. The molecule has 1 unspecified atom stereocenters. The Labute approximate surface area is 378 Å². The van der Waals surface area contributed by atoms with Crippen LogP contribution in [0.15, 0.2) is 23.6 Å². The smallest absolute Gasteiger partial charge is 0.312 e. The molecule has 2 aromatic heterocycles. The number of pyridine rings is 1. The third-order valence-corrected chi connectivity index (χ3v) is 14.8. The summed E-state index contributed by atoms with van der Waals surface area (Å²) in [5.74, 6) is 0.0884. The van der Waals surface area contributed by atoms with Gasteiger partial charge < -0.3 is 39.2 Å². The number of Topliss-reactive ketones (excluding diaryl/α,β-unsaturated/α-hetero) is 1. The molecule has 2 aliphatic heterocycles. The summed E-state index contributed by atoms with van der Waals surface area (Å²) in [6, 6.07) is 4.74. The molecule has 0 radical (unpaired) electrons. The van der Waals surface area contributed by atoms with Crippen molar-refractivity contribution in [2.45, 2.75) is 123 Å². The van der Waals surface area contributed by atoms with Crippen molar-refractivity contribution in [1.29, 1.82) is 0 Å². The second-order valence-electron chi connectivity index (χ2n) is 19.7. The number of amides is 1. The molecule has 8 rings (SSSR count). The number of rotatable bonds is 17. The molecule has 342 valence electrons. The van der Waals surface area contributed by atoms with Gasteiger partial charge in [0.05, 0.1) is 67.9 Å². The summed E-state index contributed by atoms with van der Waals surface area (Å²) in [5, 5.41) is 10.3. The zero-order valence-electron chi connectivity index (χ0n) is 37.5. The summed E-state index contributed by atoms with van der Waals surface area (Å²) in [5.41, 5.74) is 0.0314. The van der Waals surface area contributed by atoms with Gasteiger partial charge in [-0.2, -0.15) is 0 Å². The van der Waals surface area contributed by atoms with Gasteiger partial charge in [0.15, 0.2) is 10.9 Å². The Morgan fingerprint density at radius 1 is 1.06 bits per heavy atom. The molecule has 2 saturated heterocycles. The number of likely N-dealkylation sites (tertiary alicyclic amines) is 1. The van der Waals surface area contributed by atoms with Crippen LogP contribution in [0.1, 0.15) is 92.9 Å². The van der Waals surface area contributed by atoms with Crippen LogP contribution in [0.3, 0.4) is 0 Å². The number of nitrogens with one attached hydrogen (secondary N) is 2. The van der Waals surface area contributed by atoms with Crippen molar-refractivity contribution in [3.63, 3.8) is 0 Å². The molecule has 0 spiro atoms. The van der Waals surface area contributed by atoms with Crippen molar-refractivity contribution in [3.05, 3.63) is 28.6 Å². The SMILES string of the molecule is CC[C@@H]1C[C@]1(CC(=O)[C@@H]1C[C@@H](Oc2cc(-c3csc(NC(C)C)n3)nc3c(Cl)c(OC[C@@H]4COCCN4)ccc23)CN1C(=O)[C@@H](CC(=O)OC1C[C@@H]2C[C@@H]2C1)C(C)(C)C)C(=O)OC. The maximum Gasteiger partial charge on any atom is 0.312 e. The van der Waals surface area contributed by atoms with Crippen LogP contribution in [-0.2, 0) is 33.4 Å². The minimum absolute atomic E-state index is 0.00542. The Bertz CT molecular complexity index is 2200. The van der Waals surface area contributed by atoms with E-state index in [0.29, 0.717) is 76.9 Å². The number of benzene rings is 1. The summed E-state index contributed by atoms with van der Waals surface area (Å²) in [6.07, 6.45) is 3.50. The Balaban J connectivity index is 1.11. The van der Waals surface area contributed by atoms with Crippen molar-refractivity contribution < 1.29 is 42.9 Å². The van der Waals surface area contributed by atoms with Gasteiger partial charge in [-0.15, -0.1) is 11.3 Å². The number of aromatic nitrogens is 2. The van der Waals surface area contributed by atoms with Crippen LogP contribution in [0.5, 0.6) is 11.5 Å². The lowest BCUT2D eigenvalue weighted by molar-refractivity contribution is -0.157. The molecule has 5 aliphatic rings. The fourth-order valence-electron chi connectivity index (χ4n) is 9.99. The number of nitrogens with zero attached hydrogens (tertiary/aromatic N) is 3. The standard InChI is InChI=1S/C47H62ClN5O9S/c1-8-28-19-47(28,44(57)58-7)20-37(54)36-16-31(21-53(36)43(56)33(46(4,5)6)17-40(55)62-30-14-26-13-27(26)15-30)61-39-18-34(35-24-63-45(52-35)50-25(2)3)51-42-32(39)9-10-38(41(42)48)60-23-29-22-59-12-11-49-29/h9-10,18,24-31,33,36,49H,8,11-17,19-23H2,1-7H3,(H,50,52)/t26-,27+,28-,29+,30?,31-,33-,36+,47-/m1/s1. The molecular weight excluding hydrogens is 846 g/mol. The van der Waals surface area contributed by atoms with Gasteiger partial charge >= 0.3 is 11.9 Å². The number of halogens is 1. The van der Waals surface area contributed by atoms with E-state index in [2.05, 4.69) is 10.6 Å². The monoisotopic (exact) mass is 907 g/mol. The number of carbonyl (C=O) groups excluding carboxylic acids is 4. The van der Waals surface area contributed by atoms with E-state index in [1.807, 2.05) is 59.1 Å². The second-order valence-corrected chi connectivity index (χ2v) is 20.9. The van der Waals surface area contributed by atoms with Crippen molar-refractivity contribution >= 4 is 62.6 Å². The molecule has 4 heterocycles. The van der Waals surface area contributed by atoms with Gasteiger partial charge in [-0.05, 0) is 74.8 Å². The normalized spacial score (nSPS) is 28.1. The van der Waals surface area contributed by atoms with Crippen LogP contribution < -0.4 is 20.1 Å². The fourth-order valence-corrected chi connectivity index (χ4v) is 11.1. The highest BCUT2D eigenvalue weighted by atomic mass is 35.5. The van der Waals surface area contributed by atoms with Gasteiger partial charge in [0, 0.05) is 42.3 Å². The predicted octanol–water partition coefficient (Wildman–Crippen LogP) is 7.49. The van der Waals surface area contributed by atoms with Crippen LogP contribution in [0.2, 0.25) is 5.02 Å². The van der Waals surface area contributed by atoms with Crippen molar-refractivity contribution in [2.24, 2.45) is 34.5 Å². The van der Waals surface area contributed by atoms with E-state index in [4.69, 9.17) is 45.3 Å². The Morgan fingerprint density at radius 2 is 1.84 bits per heavy atom. The molecule has 1 aromatic carbocycles. The fraction of sp³-hybridized carbons (Fsp3) is 0.660. The number of ketones is 1. The highest BCUT2D eigenvalue weighted by molar-refractivity contribution is 7.14. The highest BCUT2D eigenvalue weighted by Gasteiger charge is 2.62. The zero-order chi connectivity index (χ0) is 44.8. The first-order chi connectivity index (χ1) is 30.1. The summed E-state index contributed by atoms with van der Waals surface area (Å²) < 4.78 is 29.9. The first-order valence-corrected chi connectivity index (χ1v) is 23.9. The van der Waals surface area contributed by atoms with E-state index in [9.17, 15) is 19.2 Å². The van der Waals surface area contributed by atoms with Crippen LogP contribution >= 0.6 is 22.9 Å². The molecule has 0 bridgehead atoms. The number of carbonyl (C=O) groups is 4. The first kappa shape index (κ1) is 45.5. The van der Waals surface area contributed by atoms with Gasteiger partial charge in [-0.3, -0.25) is 19.2 Å². The predicted molar refractivity (Wildman–Crippen MR) is 240 cm³/mol. The second kappa shape index (κ2) is 18.4. The van der Waals surface area contributed by atoms with Crippen LogP contribution in [0.25, 0.3) is 22.3 Å². The maximum absolute atomic E-state index is 15.0. The number of morpholine rings is 1. The third kappa shape index (κ3) is 9.96. The highest BCUT2D eigenvalue weighted by Crippen LogP contribution is 2.58. The molecule has 5 fully saturated rings. The van der Waals surface area contributed by atoms with Gasteiger partial charge in [0.25, 0.3) is 0 Å².